The average molecular weight is 875 g/mol. The van der Waals surface area contributed by atoms with Crippen LogP contribution in [0.5, 0.6) is 23.0 Å². The normalized spacial score (nSPS) is 11.5. The fourth-order valence-corrected chi connectivity index (χ4v) is 7.79. The maximum atomic E-state index is 6.62. The van der Waals surface area contributed by atoms with E-state index in [1.165, 1.54) is 36.8 Å². The minimum atomic E-state index is 0.476. The number of rotatable bonds is 23. The van der Waals surface area contributed by atoms with Crippen LogP contribution in [0.15, 0.2) is 190 Å². The summed E-state index contributed by atoms with van der Waals surface area (Å²) < 4.78 is 25.5. The summed E-state index contributed by atoms with van der Waals surface area (Å²) in [6.45, 7) is 6.38. The molecule has 0 saturated carbocycles. The summed E-state index contributed by atoms with van der Waals surface area (Å²) in [5.41, 5.74) is 7.91. The van der Waals surface area contributed by atoms with E-state index < -0.39 is 0 Å². The van der Waals surface area contributed by atoms with Gasteiger partial charge >= 0.3 is 0 Å². The molecule has 0 atom stereocenters. The lowest BCUT2D eigenvalue weighted by Crippen LogP contribution is -2.07. The molecule has 8 nitrogen and oxygen atoms in total. The molecular formula is C58H58N4O4. The van der Waals surface area contributed by atoms with Gasteiger partial charge in [-0.3, -0.25) is 0 Å². The van der Waals surface area contributed by atoms with E-state index >= 15 is 0 Å². The van der Waals surface area contributed by atoms with E-state index in [0.29, 0.717) is 39.3 Å². The van der Waals surface area contributed by atoms with E-state index in [0.717, 1.165) is 91.3 Å². The van der Waals surface area contributed by atoms with Crippen molar-refractivity contribution < 1.29 is 18.9 Å². The number of ether oxygens (including phenoxy) is 4. The van der Waals surface area contributed by atoms with Gasteiger partial charge in [-0.05, 0) is 143 Å². The Kier molecular flexibility index (Phi) is 16.2. The van der Waals surface area contributed by atoms with Crippen LogP contribution in [0.1, 0.15) is 63.5 Å². The van der Waals surface area contributed by atoms with E-state index in [9.17, 15) is 0 Å². The molecule has 8 aromatic rings. The van der Waals surface area contributed by atoms with Crippen molar-refractivity contribution in [2.45, 2.75) is 65.2 Å². The number of unbranched alkanes of at least 4 members (excludes halogenated alkanes) is 2. The van der Waals surface area contributed by atoms with Crippen molar-refractivity contribution in [2.24, 2.45) is 20.5 Å². The molecule has 0 N–H and O–H groups in total. The Morgan fingerprint density at radius 2 is 0.682 bits per heavy atom. The summed E-state index contributed by atoms with van der Waals surface area (Å²) in [7, 11) is 0. The number of hydrogen-bond acceptors (Lipinski definition) is 8. The third-order valence-electron chi connectivity index (χ3n) is 11.4. The highest BCUT2D eigenvalue weighted by molar-refractivity contribution is 6.09. The van der Waals surface area contributed by atoms with Gasteiger partial charge in [0.1, 0.15) is 23.0 Å². The molecule has 8 rings (SSSR count). The molecule has 0 amide bonds. The highest BCUT2D eigenvalue weighted by Crippen LogP contribution is 2.45. The molecular weight excluding hydrogens is 817 g/mol. The van der Waals surface area contributed by atoms with Gasteiger partial charge in [0.15, 0.2) is 0 Å². The Morgan fingerprint density at radius 3 is 1.06 bits per heavy atom. The number of hydrogen-bond donors (Lipinski definition) is 0. The standard InChI is InChI=1S/C58H58N4O4/c1-3-5-13-43-19-25-47(26-20-43)59-61-49-29-33-51(34-30-49)63-39-11-41-65-55-37-23-45-15-7-9-17-53(45)57(55)58-54-18-10-8-16-46(54)24-38-56(58)66-42-12-40-64-52-35-31-50(32-36-52)62-60-48-27-21-44(22-28-48)14-6-4-2/h7-10,15-38H,3-6,11-14,39-42H2,1-2H3. The van der Waals surface area contributed by atoms with Crippen molar-refractivity contribution in [3.05, 3.63) is 181 Å². The Bertz CT molecular complexity index is 2630. The van der Waals surface area contributed by atoms with Crippen molar-refractivity contribution in [3.8, 4) is 34.1 Å². The summed E-state index contributed by atoms with van der Waals surface area (Å²) in [5.74, 6) is 3.15. The lowest BCUT2D eigenvalue weighted by atomic mass is 9.92. The van der Waals surface area contributed by atoms with E-state index in [4.69, 9.17) is 18.9 Å². The molecule has 8 aromatic carbocycles. The van der Waals surface area contributed by atoms with Crippen LogP contribution < -0.4 is 18.9 Å². The molecule has 0 fully saturated rings. The van der Waals surface area contributed by atoms with Gasteiger partial charge in [0.05, 0.1) is 49.2 Å². The first-order valence-electron chi connectivity index (χ1n) is 23.4. The molecule has 0 aromatic heterocycles. The van der Waals surface area contributed by atoms with Gasteiger partial charge in [0, 0.05) is 24.0 Å². The molecule has 0 radical (unpaired) electrons. The van der Waals surface area contributed by atoms with Gasteiger partial charge in [-0.25, -0.2) is 0 Å². The summed E-state index contributed by atoms with van der Waals surface area (Å²) >= 11 is 0. The van der Waals surface area contributed by atoms with Crippen LogP contribution in [-0.2, 0) is 12.8 Å². The molecule has 334 valence electrons. The van der Waals surface area contributed by atoms with Gasteiger partial charge in [-0.2, -0.15) is 20.5 Å². The predicted octanol–water partition coefficient (Wildman–Crippen LogP) is 16.9. The van der Waals surface area contributed by atoms with Crippen LogP contribution in [-0.4, -0.2) is 26.4 Å². The molecule has 0 unspecified atom stereocenters. The number of azo groups is 2. The third kappa shape index (κ3) is 12.5. The van der Waals surface area contributed by atoms with E-state index in [1.54, 1.807) is 0 Å². The quantitative estimate of drug-likeness (QED) is 0.0473. The SMILES string of the molecule is CCCCc1ccc(N=Nc2ccc(OCCCOc3ccc4ccccc4c3-c3c(OCCCOc4ccc(N=Nc5ccc(CCCC)cc5)cc4)ccc4ccccc34)cc2)cc1. The highest BCUT2D eigenvalue weighted by Gasteiger charge is 2.19. The van der Waals surface area contributed by atoms with Crippen LogP contribution in [0.2, 0.25) is 0 Å². The summed E-state index contributed by atoms with van der Waals surface area (Å²) in [4.78, 5) is 0. The Morgan fingerprint density at radius 1 is 0.333 bits per heavy atom. The minimum Gasteiger partial charge on any atom is -0.493 e. The van der Waals surface area contributed by atoms with Crippen LogP contribution in [0, 0.1) is 0 Å². The smallest absolute Gasteiger partial charge is 0.127 e. The molecule has 8 heteroatoms. The molecule has 0 heterocycles. The zero-order chi connectivity index (χ0) is 45.2. The Labute approximate surface area is 389 Å². The van der Waals surface area contributed by atoms with Gasteiger partial charge < -0.3 is 18.9 Å². The van der Waals surface area contributed by atoms with Crippen LogP contribution in [0.3, 0.4) is 0 Å². The zero-order valence-corrected chi connectivity index (χ0v) is 38.1. The van der Waals surface area contributed by atoms with Crippen molar-refractivity contribution >= 4 is 44.3 Å². The maximum Gasteiger partial charge on any atom is 0.127 e. The fourth-order valence-electron chi connectivity index (χ4n) is 7.79. The first kappa shape index (κ1) is 45.3. The Hall–Kier alpha value is -7.32. The van der Waals surface area contributed by atoms with Crippen molar-refractivity contribution in [1.82, 2.24) is 0 Å². The van der Waals surface area contributed by atoms with Gasteiger partial charge in [0.2, 0.25) is 0 Å². The summed E-state index contributed by atoms with van der Waals surface area (Å²) in [6.07, 6.45) is 8.34. The second kappa shape index (κ2) is 23.6. The van der Waals surface area contributed by atoms with Crippen molar-refractivity contribution in [1.29, 1.82) is 0 Å². The largest absolute Gasteiger partial charge is 0.493 e. The number of aryl methyl sites for hydroxylation is 2. The molecule has 0 saturated heterocycles. The van der Waals surface area contributed by atoms with E-state index in [2.05, 4.69) is 131 Å². The summed E-state index contributed by atoms with van der Waals surface area (Å²) in [6, 6.07) is 57.3. The molecule has 0 bridgehead atoms. The first-order valence-corrected chi connectivity index (χ1v) is 23.4. The van der Waals surface area contributed by atoms with Gasteiger partial charge in [-0.15, -0.1) is 0 Å². The molecule has 66 heavy (non-hydrogen) atoms. The van der Waals surface area contributed by atoms with Gasteiger partial charge in [0.25, 0.3) is 0 Å². The van der Waals surface area contributed by atoms with Gasteiger partial charge in [-0.1, -0.05) is 112 Å². The number of fused-ring (bicyclic) bond motifs is 2. The third-order valence-corrected chi connectivity index (χ3v) is 11.4. The van der Waals surface area contributed by atoms with Crippen LogP contribution in [0.25, 0.3) is 32.7 Å². The first-order chi connectivity index (χ1) is 32.6. The lowest BCUT2D eigenvalue weighted by molar-refractivity contribution is 0.246. The monoisotopic (exact) mass is 874 g/mol. The summed E-state index contributed by atoms with van der Waals surface area (Å²) in [5, 5.41) is 22.1. The van der Waals surface area contributed by atoms with Crippen LogP contribution in [0.4, 0.5) is 22.7 Å². The van der Waals surface area contributed by atoms with E-state index in [1.807, 2.05) is 72.8 Å². The van der Waals surface area contributed by atoms with E-state index in [-0.39, 0.29) is 0 Å². The molecule has 0 spiro atoms. The zero-order valence-electron chi connectivity index (χ0n) is 38.1. The molecule has 0 aliphatic heterocycles. The lowest BCUT2D eigenvalue weighted by Gasteiger charge is -2.20. The van der Waals surface area contributed by atoms with Crippen molar-refractivity contribution in [2.75, 3.05) is 26.4 Å². The number of nitrogens with zero attached hydrogens (tertiary/aromatic N) is 4. The maximum absolute atomic E-state index is 6.62. The molecule has 0 aliphatic rings. The minimum absolute atomic E-state index is 0.476. The molecule has 0 aliphatic carbocycles. The topological polar surface area (TPSA) is 86.4 Å². The Balaban J connectivity index is 0.873. The van der Waals surface area contributed by atoms with Crippen LogP contribution >= 0.6 is 0 Å². The second-order valence-electron chi connectivity index (χ2n) is 16.3. The highest BCUT2D eigenvalue weighted by atomic mass is 16.5. The van der Waals surface area contributed by atoms with Crippen molar-refractivity contribution in [3.63, 3.8) is 0 Å². The fraction of sp³-hybridized carbons (Fsp3) is 0.241. The predicted molar refractivity (Wildman–Crippen MR) is 269 cm³/mol. The number of benzene rings is 8. The second-order valence-corrected chi connectivity index (χ2v) is 16.3. The average Bonchev–Trinajstić information content (AvgIpc) is 3.37.